The Hall–Kier alpha value is -0.910. The Balaban J connectivity index is 2.19. The van der Waals surface area contributed by atoms with Crippen molar-refractivity contribution in [2.24, 2.45) is 0 Å². The maximum absolute atomic E-state index is 12.6. The number of aliphatic hydroxyl groups excluding tert-OH is 1. The van der Waals surface area contributed by atoms with E-state index >= 15 is 0 Å². The van der Waals surface area contributed by atoms with Crippen LogP contribution in [0.4, 0.5) is 13.6 Å². The first-order chi connectivity index (χ1) is 7.53. The van der Waals surface area contributed by atoms with Crippen LogP contribution in [0.25, 0.3) is 0 Å². The minimum absolute atomic E-state index is 0.0940. The first-order valence-corrected chi connectivity index (χ1v) is 5.56. The van der Waals surface area contributed by atoms with Crippen LogP contribution in [0.3, 0.4) is 0 Å². The number of alkyl halides is 2. The van der Waals surface area contributed by atoms with E-state index < -0.39 is 25.1 Å². The van der Waals surface area contributed by atoms with E-state index in [-0.39, 0.29) is 6.04 Å². The summed E-state index contributed by atoms with van der Waals surface area (Å²) in [5, 5.41) is 13.0. The lowest BCUT2D eigenvalue weighted by atomic mass is 9.96. The van der Waals surface area contributed by atoms with Crippen molar-refractivity contribution in [3.63, 3.8) is 0 Å². The second kappa shape index (κ2) is 5.98. The Bertz CT molecular complexity index is 231. The van der Waals surface area contributed by atoms with Crippen molar-refractivity contribution in [1.29, 1.82) is 0 Å². The van der Waals surface area contributed by atoms with Crippen molar-refractivity contribution < 1.29 is 18.7 Å². The van der Waals surface area contributed by atoms with Gasteiger partial charge in [-0.05, 0) is 12.8 Å². The Kier molecular flexibility index (Phi) is 4.92. The van der Waals surface area contributed by atoms with Gasteiger partial charge in [-0.25, -0.2) is 13.6 Å². The Morgan fingerprint density at radius 2 is 1.94 bits per heavy atom. The fourth-order valence-electron chi connectivity index (χ4n) is 1.75. The number of halogens is 2. The number of hydrogen-bond acceptors (Lipinski definition) is 2. The first kappa shape index (κ1) is 13.2. The summed E-state index contributed by atoms with van der Waals surface area (Å²) in [6, 6.07) is -0.489. The molecule has 1 aliphatic rings. The first-order valence-electron chi connectivity index (χ1n) is 5.56. The number of urea groups is 1. The number of aliphatic hydroxyl groups is 1. The summed E-state index contributed by atoms with van der Waals surface area (Å²) < 4.78 is 25.2. The van der Waals surface area contributed by atoms with E-state index in [0.29, 0.717) is 0 Å². The lowest BCUT2D eigenvalue weighted by Gasteiger charge is -2.23. The molecular formula is C10H18F2N2O2. The van der Waals surface area contributed by atoms with Gasteiger partial charge in [0.05, 0.1) is 6.54 Å². The van der Waals surface area contributed by atoms with Gasteiger partial charge in [-0.2, -0.15) is 0 Å². The van der Waals surface area contributed by atoms with Crippen LogP contribution in [0.5, 0.6) is 0 Å². The highest BCUT2D eigenvalue weighted by atomic mass is 19.3. The third-order valence-electron chi connectivity index (χ3n) is 2.68. The normalized spacial score (nSPS) is 18.2. The molecule has 0 saturated heterocycles. The largest absolute Gasteiger partial charge is 0.390 e. The summed E-state index contributed by atoms with van der Waals surface area (Å²) >= 11 is 0. The molecule has 3 N–H and O–H groups in total. The average Bonchev–Trinajstić information content (AvgIpc) is 2.28. The second-order valence-corrected chi connectivity index (χ2v) is 4.18. The number of nitrogens with one attached hydrogen (secondary N) is 2. The molecule has 1 fully saturated rings. The minimum Gasteiger partial charge on any atom is -0.390 e. The molecule has 0 aliphatic heterocycles. The van der Waals surface area contributed by atoms with Gasteiger partial charge in [0.15, 0.2) is 0 Å². The van der Waals surface area contributed by atoms with Gasteiger partial charge in [-0.15, -0.1) is 0 Å². The third-order valence-corrected chi connectivity index (χ3v) is 2.68. The van der Waals surface area contributed by atoms with Crippen LogP contribution >= 0.6 is 0 Å². The number of amides is 2. The highest BCUT2D eigenvalue weighted by Gasteiger charge is 2.28. The molecule has 0 unspecified atom stereocenters. The van der Waals surface area contributed by atoms with Crippen molar-refractivity contribution in [2.45, 2.75) is 44.1 Å². The molecule has 4 nitrogen and oxygen atoms in total. The molecule has 94 valence electrons. The van der Waals surface area contributed by atoms with Crippen LogP contribution in [0.1, 0.15) is 32.1 Å². The van der Waals surface area contributed by atoms with Gasteiger partial charge in [0.25, 0.3) is 5.92 Å². The van der Waals surface area contributed by atoms with E-state index in [1.54, 1.807) is 0 Å². The standard InChI is InChI=1S/C10H18F2N2O2/c11-10(12,7-15)6-13-9(16)14-8-4-2-1-3-5-8/h8,15H,1-7H2,(H2,13,14,16). The van der Waals surface area contributed by atoms with Gasteiger partial charge in [0.1, 0.15) is 6.61 Å². The molecule has 16 heavy (non-hydrogen) atoms. The molecule has 1 aliphatic carbocycles. The molecule has 1 rings (SSSR count). The topological polar surface area (TPSA) is 61.4 Å². The lowest BCUT2D eigenvalue weighted by molar-refractivity contribution is -0.0454. The second-order valence-electron chi connectivity index (χ2n) is 4.18. The Morgan fingerprint density at radius 1 is 1.31 bits per heavy atom. The van der Waals surface area contributed by atoms with E-state index in [0.717, 1.165) is 25.7 Å². The zero-order valence-corrected chi connectivity index (χ0v) is 9.14. The molecule has 0 aromatic carbocycles. The molecule has 0 bridgehead atoms. The number of rotatable bonds is 4. The van der Waals surface area contributed by atoms with Gasteiger partial charge in [0, 0.05) is 6.04 Å². The van der Waals surface area contributed by atoms with Crippen LogP contribution < -0.4 is 10.6 Å². The molecule has 0 spiro atoms. The van der Waals surface area contributed by atoms with E-state index in [1.165, 1.54) is 6.42 Å². The van der Waals surface area contributed by atoms with Crippen molar-refractivity contribution in [3.8, 4) is 0 Å². The predicted molar refractivity (Wildman–Crippen MR) is 55.4 cm³/mol. The van der Waals surface area contributed by atoms with Crippen LogP contribution in [0, 0.1) is 0 Å². The Labute approximate surface area is 93.4 Å². The summed E-state index contributed by atoms with van der Waals surface area (Å²) in [6.45, 7) is -2.08. The number of carbonyl (C=O) groups is 1. The van der Waals surface area contributed by atoms with Crippen LogP contribution in [-0.4, -0.2) is 36.3 Å². The Morgan fingerprint density at radius 3 is 2.50 bits per heavy atom. The highest BCUT2D eigenvalue weighted by molar-refractivity contribution is 5.74. The zero-order chi connectivity index (χ0) is 12.0. The fourth-order valence-corrected chi connectivity index (χ4v) is 1.75. The van der Waals surface area contributed by atoms with E-state index in [4.69, 9.17) is 5.11 Å². The average molecular weight is 236 g/mol. The molecule has 0 radical (unpaired) electrons. The number of hydrogen-bond donors (Lipinski definition) is 3. The monoisotopic (exact) mass is 236 g/mol. The maximum Gasteiger partial charge on any atom is 0.315 e. The summed E-state index contributed by atoms with van der Waals surface area (Å²) in [7, 11) is 0. The van der Waals surface area contributed by atoms with Gasteiger partial charge in [0.2, 0.25) is 0 Å². The molecule has 0 aromatic rings. The molecule has 0 aromatic heterocycles. The van der Waals surface area contributed by atoms with Gasteiger partial charge in [-0.3, -0.25) is 0 Å². The minimum atomic E-state index is -3.25. The van der Waals surface area contributed by atoms with E-state index in [9.17, 15) is 13.6 Å². The van der Waals surface area contributed by atoms with Crippen LogP contribution in [-0.2, 0) is 0 Å². The number of carbonyl (C=O) groups excluding carboxylic acids is 1. The summed E-state index contributed by atoms with van der Waals surface area (Å²) in [5.41, 5.74) is 0. The van der Waals surface area contributed by atoms with Crippen molar-refractivity contribution >= 4 is 6.03 Å². The summed E-state index contributed by atoms with van der Waals surface area (Å²) in [4.78, 5) is 11.2. The predicted octanol–water partition coefficient (Wildman–Crippen LogP) is 1.25. The smallest absolute Gasteiger partial charge is 0.315 e. The molecule has 0 heterocycles. The zero-order valence-electron chi connectivity index (χ0n) is 9.14. The fraction of sp³-hybridized carbons (Fsp3) is 0.900. The summed E-state index contributed by atoms with van der Waals surface area (Å²) in [6.07, 6.45) is 5.12. The molecule has 0 atom stereocenters. The molecular weight excluding hydrogens is 218 g/mol. The van der Waals surface area contributed by atoms with Crippen molar-refractivity contribution in [2.75, 3.05) is 13.2 Å². The third kappa shape index (κ3) is 4.74. The quantitative estimate of drug-likeness (QED) is 0.688. The van der Waals surface area contributed by atoms with Crippen LogP contribution in [0.15, 0.2) is 0 Å². The van der Waals surface area contributed by atoms with Gasteiger partial charge in [-0.1, -0.05) is 19.3 Å². The van der Waals surface area contributed by atoms with E-state index in [2.05, 4.69) is 10.6 Å². The van der Waals surface area contributed by atoms with E-state index in [1.807, 2.05) is 0 Å². The van der Waals surface area contributed by atoms with Crippen molar-refractivity contribution in [3.05, 3.63) is 0 Å². The van der Waals surface area contributed by atoms with Gasteiger partial charge < -0.3 is 15.7 Å². The highest BCUT2D eigenvalue weighted by Crippen LogP contribution is 2.17. The van der Waals surface area contributed by atoms with Crippen LogP contribution in [0.2, 0.25) is 0 Å². The van der Waals surface area contributed by atoms with Gasteiger partial charge >= 0.3 is 6.03 Å². The molecule has 2 amide bonds. The molecule has 6 heteroatoms. The lowest BCUT2D eigenvalue weighted by Crippen LogP contribution is -2.47. The van der Waals surface area contributed by atoms with Crippen molar-refractivity contribution in [1.82, 2.24) is 10.6 Å². The summed E-state index contributed by atoms with van der Waals surface area (Å²) in [5.74, 6) is -3.25. The SMILES string of the molecule is O=C(NCC(F)(F)CO)NC1CCCCC1. The maximum atomic E-state index is 12.6. The molecule has 1 saturated carbocycles.